The predicted molar refractivity (Wildman–Crippen MR) is 114 cm³/mol. The number of carbonyl (C=O) groups is 1. The topological polar surface area (TPSA) is 80.3 Å². The average molecular weight is 406 g/mol. The van der Waals surface area contributed by atoms with Gasteiger partial charge in [-0.15, -0.1) is 0 Å². The van der Waals surface area contributed by atoms with Crippen molar-refractivity contribution in [2.75, 3.05) is 27.3 Å². The molecular formula is C23H26N4O3. The summed E-state index contributed by atoms with van der Waals surface area (Å²) < 4.78 is 10.9. The van der Waals surface area contributed by atoms with Gasteiger partial charge < -0.3 is 9.47 Å². The first-order valence-electron chi connectivity index (χ1n) is 10.1. The van der Waals surface area contributed by atoms with Crippen LogP contribution in [0.15, 0.2) is 48.8 Å². The van der Waals surface area contributed by atoms with Crippen molar-refractivity contribution in [1.29, 1.82) is 0 Å². The van der Waals surface area contributed by atoms with Gasteiger partial charge in [0.25, 0.3) is 0 Å². The minimum atomic E-state index is -0.0282. The van der Waals surface area contributed by atoms with E-state index in [1.54, 1.807) is 26.5 Å². The number of aromatic nitrogens is 3. The van der Waals surface area contributed by atoms with Crippen LogP contribution >= 0.6 is 0 Å². The number of aromatic amines is 1. The molecule has 3 heterocycles. The van der Waals surface area contributed by atoms with Crippen molar-refractivity contribution in [3.8, 4) is 22.8 Å². The summed E-state index contributed by atoms with van der Waals surface area (Å²) >= 11 is 0. The minimum absolute atomic E-state index is 0.0282. The van der Waals surface area contributed by atoms with Crippen LogP contribution in [0.25, 0.3) is 11.3 Å². The second-order valence-corrected chi connectivity index (χ2v) is 7.49. The lowest BCUT2D eigenvalue weighted by molar-refractivity contribution is 0.0806. The van der Waals surface area contributed by atoms with E-state index in [2.05, 4.69) is 20.1 Å². The largest absolute Gasteiger partial charge is 0.497 e. The molecule has 1 atom stereocenters. The first-order valence-corrected chi connectivity index (χ1v) is 10.1. The molecule has 1 fully saturated rings. The smallest absolute Gasteiger partial charge is 0.185 e. The zero-order valence-corrected chi connectivity index (χ0v) is 17.3. The van der Waals surface area contributed by atoms with Gasteiger partial charge in [0.05, 0.1) is 26.1 Å². The Morgan fingerprint density at radius 3 is 2.90 bits per heavy atom. The van der Waals surface area contributed by atoms with Crippen LogP contribution in [0.2, 0.25) is 0 Å². The monoisotopic (exact) mass is 406 g/mol. The maximum Gasteiger partial charge on any atom is 0.185 e. The molecule has 0 bridgehead atoms. The standard InChI is InChI=1S/C23H26N4O3/c1-29-18-8-9-19(21(12-18)30-2)22-17(13-25-26-22)15-27-11-5-6-16(14-27)23(28)20-7-3-4-10-24-20/h3-4,7-10,12-13,16H,5-6,11,14-15H2,1-2H3,(H,25,26). The van der Waals surface area contributed by atoms with Crippen molar-refractivity contribution < 1.29 is 14.3 Å². The summed E-state index contributed by atoms with van der Waals surface area (Å²) in [5.41, 5.74) is 3.48. The highest BCUT2D eigenvalue weighted by atomic mass is 16.5. The second kappa shape index (κ2) is 9.09. The van der Waals surface area contributed by atoms with E-state index < -0.39 is 0 Å². The third kappa shape index (κ3) is 4.21. The molecule has 1 aromatic carbocycles. The van der Waals surface area contributed by atoms with Gasteiger partial charge in [-0.1, -0.05) is 6.07 Å². The van der Waals surface area contributed by atoms with Gasteiger partial charge in [-0.2, -0.15) is 5.10 Å². The van der Waals surface area contributed by atoms with Crippen LogP contribution in [0.4, 0.5) is 0 Å². The first-order chi connectivity index (χ1) is 14.7. The maximum atomic E-state index is 12.8. The molecule has 1 saturated heterocycles. The molecule has 7 nitrogen and oxygen atoms in total. The molecule has 4 rings (SSSR count). The summed E-state index contributed by atoms with van der Waals surface area (Å²) in [5.74, 6) is 1.56. The van der Waals surface area contributed by atoms with E-state index in [1.807, 2.05) is 36.5 Å². The maximum absolute atomic E-state index is 12.8. The molecule has 0 spiro atoms. The van der Waals surface area contributed by atoms with Crippen LogP contribution < -0.4 is 9.47 Å². The Morgan fingerprint density at radius 1 is 1.23 bits per heavy atom. The van der Waals surface area contributed by atoms with Gasteiger partial charge in [-0.25, -0.2) is 0 Å². The van der Waals surface area contributed by atoms with Crippen molar-refractivity contribution in [2.24, 2.45) is 5.92 Å². The Labute approximate surface area is 176 Å². The van der Waals surface area contributed by atoms with Gasteiger partial charge >= 0.3 is 0 Å². The van der Waals surface area contributed by atoms with E-state index in [1.165, 1.54) is 0 Å². The van der Waals surface area contributed by atoms with E-state index in [0.29, 0.717) is 12.2 Å². The van der Waals surface area contributed by atoms with Gasteiger partial charge in [-0.3, -0.25) is 19.8 Å². The van der Waals surface area contributed by atoms with Gasteiger partial charge in [0.15, 0.2) is 5.78 Å². The van der Waals surface area contributed by atoms with Crippen molar-refractivity contribution in [1.82, 2.24) is 20.1 Å². The number of methoxy groups -OCH3 is 2. The Morgan fingerprint density at radius 2 is 2.13 bits per heavy atom. The Kier molecular flexibility index (Phi) is 6.09. The number of likely N-dealkylation sites (tertiary alicyclic amines) is 1. The van der Waals surface area contributed by atoms with Crippen molar-refractivity contribution in [2.45, 2.75) is 19.4 Å². The number of ether oxygens (including phenoxy) is 2. The molecular weight excluding hydrogens is 380 g/mol. The normalized spacial score (nSPS) is 16.9. The highest BCUT2D eigenvalue weighted by molar-refractivity contribution is 5.96. The lowest BCUT2D eigenvalue weighted by atomic mass is 9.91. The summed E-state index contributed by atoms with van der Waals surface area (Å²) in [5, 5.41) is 7.38. The first kappa shape index (κ1) is 20.1. The number of nitrogens with zero attached hydrogens (tertiary/aromatic N) is 3. The van der Waals surface area contributed by atoms with Crippen molar-refractivity contribution in [3.05, 3.63) is 60.0 Å². The van der Waals surface area contributed by atoms with Crippen LogP contribution in [0.5, 0.6) is 11.5 Å². The molecule has 3 aromatic rings. The van der Waals surface area contributed by atoms with Crippen LogP contribution in [0.3, 0.4) is 0 Å². The molecule has 2 aromatic heterocycles. The summed E-state index contributed by atoms with van der Waals surface area (Å²) in [6, 6.07) is 11.2. The molecule has 1 aliphatic rings. The number of rotatable bonds is 7. The highest BCUT2D eigenvalue weighted by Gasteiger charge is 2.28. The Bertz CT molecular complexity index is 1000. The molecule has 0 aliphatic carbocycles. The van der Waals surface area contributed by atoms with Crippen LogP contribution in [0, 0.1) is 5.92 Å². The lowest BCUT2D eigenvalue weighted by Crippen LogP contribution is -2.38. The predicted octanol–water partition coefficient (Wildman–Crippen LogP) is 3.58. The van der Waals surface area contributed by atoms with Crippen molar-refractivity contribution >= 4 is 5.78 Å². The number of H-pyrrole nitrogens is 1. The third-order valence-electron chi connectivity index (χ3n) is 5.58. The lowest BCUT2D eigenvalue weighted by Gasteiger charge is -2.31. The summed E-state index contributed by atoms with van der Waals surface area (Å²) in [6.07, 6.45) is 5.41. The third-order valence-corrected chi connectivity index (χ3v) is 5.58. The fraction of sp³-hybridized carbons (Fsp3) is 0.348. The zero-order chi connectivity index (χ0) is 20.9. The van der Waals surface area contributed by atoms with Gasteiger partial charge in [0, 0.05) is 42.4 Å². The number of benzene rings is 1. The van der Waals surface area contributed by atoms with Crippen molar-refractivity contribution in [3.63, 3.8) is 0 Å². The summed E-state index contributed by atoms with van der Waals surface area (Å²) in [6.45, 7) is 2.39. The van der Waals surface area contributed by atoms with E-state index in [9.17, 15) is 4.79 Å². The number of Topliss-reactive ketones (excluding diaryl/α,β-unsaturated/α-hetero) is 1. The van der Waals surface area contributed by atoms with Gasteiger partial charge in [-0.05, 0) is 43.7 Å². The van der Waals surface area contributed by atoms with Gasteiger partial charge in [0.2, 0.25) is 0 Å². The Balaban J connectivity index is 1.51. The zero-order valence-electron chi connectivity index (χ0n) is 17.3. The molecule has 0 amide bonds. The number of nitrogens with one attached hydrogen (secondary N) is 1. The summed E-state index contributed by atoms with van der Waals surface area (Å²) in [7, 11) is 3.28. The molecule has 1 N–H and O–H groups in total. The highest BCUT2D eigenvalue weighted by Crippen LogP contribution is 2.34. The molecule has 0 saturated carbocycles. The number of hydrogen-bond donors (Lipinski definition) is 1. The average Bonchev–Trinajstić information content (AvgIpc) is 3.26. The molecule has 1 aliphatic heterocycles. The molecule has 1 unspecified atom stereocenters. The molecule has 7 heteroatoms. The number of ketones is 1. The van der Waals surface area contributed by atoms with Crippen LogP contribution in [0.1, 0.15) is 28.9 Å². The van der Waals surface area contributed by atoms with E-state index in [0.717, 1.165) is 54.3 Å². The second-order valence-electron chi connectivity index (χ2n) is 7.49. The fourth-order valence-corrected chi connectivity index (χ4v) is 4.04. The number of pyridine rings is 1. The molecule has 30 heavy (non-hydrogen) atoms. The number of piperidine rings is 1. The van der Waals surface area contributed by atoms with Gasteiger partial charge in [0.1, 0.15) is 17.2 Å². The van der Waals surface area contributed by atoms with E-state index in [-0.39, 0.29) is 11.7 Å². The van der Waals surface area contributed by atoms with E-state index in [4.69, 9.17) is 9.47 Å². The minimum Gasteiger partial charge on any atom is -0.497 e. The van der Waals surface area contributed by atoms with Crippen LogP contribution in [-0.4, -0.2) is 53.2 Å². The summed E-state index contributed by atoms with van der Waals surface area (Å²) in [4.78, 5) is 19.4. The Hall–Kier alpha value is -3.19. The number of carbonyl (C=O) groups excluding carboxylic acids is 1. The molecule has 156 valence electrons. The molecule has 0 radical (unpaired) electrons. The fourth-order valence-electron chi connectivity index (χ4n) is 4.04. The quantitative estimate of drug-likeness (QED) is 0.604. The number of hydrogen-bond acceptors (Lipinski definition) is 6. The SMILES string of the molecule is COc1ccc(-c2[nH]ncc2CN2CCCC(C(=O)c3ccccn3)C2)c(OC)c1. The van der Waals surface area contributed by atoms with E-state index >= 15 is 0 Å². The van der Waals surface area contributed by atoms with Crippen LogP contribution in [-0.2, 0) is 6.54 Å².